The molecule has 1 N–H and O–H groups in total. The van der Waals surface area contributed by atoms with Gasteiger partial charge in [0.25, 0.3) is 0 Å². The van der Waals surface area contributed by atoms with E-state index in [0.29, 0.717) is 0 Å². The molecule has 0 bridgehead atoms. The fourth-order valence-corrected chi connectivity index (χ4v) is 3.37. The van der Waals surface area contributed by atoms with E-state index in [1.165, 1.54) is 95.5 Å². The van der Waals surface area contributed by atoms with E-state index in [1.807, 2.05) is 7.05 Å². The first kappa shape index (κ1) is 23.0. The molecule has 0 saturated heterocycles. The lowest BCUT2D eigenvalue weighted by atomic mass is 10.0. The van der Waals surface area contributed by atoms with Gasteiger partial charge in [0.2, 0.25) is 0 Å². The van der Waals surface area contributed by atoms with E-state index in [-0.39, 0.29) is 0 Å². The minimum absolute atomic E-state index is 0.731. The molecule has 0 unspecified atom stereocenters. The molecule has 2 heteroatoms. The molecule has 0 atom stereocenters. The zero-order chi connectivity index (χ0) is 18.7. The summed E-state index contributed by atoms with van der Waals surface area (Å²) in [5.74, 6) is 0.981. The van der Waals surface area contributed by atoms with Crippen LogP contribution in [0.5, 0.6) is 5.75 Å². The van der Waals surface area contributed by atoms with Crippen LogP contribution in [0.15, 0.2) is 24.3 Å². The van der Waals surface area contributed by atoms with Crippen LogP contribution < -0.4 is 10.1 Å². The van der Waals surface area contributed by atoms with Gasteiger partial charge in [-0.2, -0.15) is 0 Å². The fourth-order valence-electron chi connectivity index (χ4n) is 3.37. The maximum Gasteiger partial charge on any atom is 0.119 e. The summed E-state index contributed by atoms with van der Waals surface area (Å²) in [6, 6.07) is 8.64. The minimum Gasteiger partial charge on any atom is -0.492 e. The van der Waals surface area contributed by atoms with Crippen LogP contribution in [0.4, 0.5) is 0 Å². The molecule has 0 aromatic heterocycles. The molecule has 1 aromatic rings. The SMILES string of the molecule is CCCCCCCCCCCCCCCc1ccc(OCCNC)cc1. The van der Waals surface area contributed by atoms with Crippen molar-refractivity contribution in [2.45, 2.75) is 96.8 Å². The van der Waals surface area contributed by atoms with Crippen LogP contribution >= 0.6 is 0 Å². The van der Waals surface area contributed by atoms with Crippen molar-refractivity contribution in [1.29, 1.82) is 0 Å². The van der Waals surface area contributed by atoms with Gasteiger partial charge in [-0.25, -0.2) is 0 Å². The molecule has 0 radical (unpaired) electrons. The fraction of sp³-hybridized carbons (Fsp3) is 0.750. The number of unbranched alkanes of at least 4 members (excludes halogenated alkanes) is 12. The van der Waals surface area contributed by atoms with E-state index in [9.17, 15) is 0 Å². The molecule has 0 spiro atoms. The Morgan fingerprint density at radius 2 is 1.19 bits per heavy atom. The highest BCUT2D eigenvalue weighted by Gasteiger charge is 1.97. The van der Waals surface area contributed by atoms with Crippen molar-refractivity contribution in [3.8, 4) is 5.75 Å². The van der Waals surface area contributed by atoms with Gasteiger partial charge < -0.3 is 10.1 Å². The van der Waals surface area contributed by atoms with Crippen molar-refractivity contribution in [3.05, 3.63) is 29.8 Å². The number of ether oxygens (including phenoxy) is 1. The molecule has 0 saturated carbocycles. The van der Waals surface area contributed by atoms with Gasteiger partial charge in [0.1, 0.15) is 12.4 Å². The standard InChI is InChI=1S/C24H43NO/c1-3-4-5-6-7-8-9-10-11-12-13-14-15-16-23-17-19-24(20-18-23)26-22-21-25-2/h17-20,25H,3-16,21-22H2,1-2H3. The number of rotatable bonds is 18. The molecule has 0 aliphatic rings. The summed E-state index contributed by atoms with van der Waals surface area (Å²) in [6.07, 6.45) is 19.7. The highest BCUT2D eigenvalue weighted by Crippen LogP contribution is 2.16. The van der Waals surface area contributed by atoms with E-state index in [4.69, 9.17) is 4.74 Å². The normalized spacial score (nSPS) is 11.0. The summed E-state index contributed by atoms with van der Waals surface area (Å²) in [5.41, 5.74) is 1.44. The maximum atomic E-state index is 5.66. The molecule has 0 aliphatic carbocycles. The van der Waals surface area contributed by atoms with Gasteiger partial charge >= 0.3 is 0 Å². The van der Waals surface area contributed by atoms with E-state index in [0.717, 1.165) is 18.9 Å². The van der Waals surface area contributed by atoms with E-state index in [2.05, 4.69) is 36.5 Å². The predicted octanol–water partition coefficient (Wildman–Crippen LogP) is 6.92. The van der Waals surface area contributed by atoms with Crippen LogP contribution in [0.3, 0.4) is 0 Å². The van der Waals surface area contributed by atoms with Crippen molar-refractivity contribution in [2.75, 3.05) is 20.2 Å². The lowest BCUT2D eigenvalue weighted by Crippen LogP contribution is -2.15. The first-order valence-electron chi connectivity index (χ1n) is 11.2. The van der Waals surface area contributed by atoms with Crippen molar-refractivity contribution in [1.82, 2.24) is 5.32 Å². The molecule has 0 heterocycles. The minimum atomic E-state index is 0.731. The Hall–Kier alpha value is -1.02. The first-order chi connectivity index (χ1) is 12.9. The predicted molar refractivity (Wildman–Crippen MR) is 115 cm³/mol. The number of benzene rings is 1. The molecule has 1 rings (SSSR count). The summed E-state index contributed by atoms with van der Waals surface area (Å²) >= 11 is 0. The van der Waals surface area contributed by atoms with Crippen LogP contribution in [-0.4, -0.2) is 20.2 Å². The third kappa shape index (κ3) is 13.2. The number of nitrogens with one attached hydrogen (secondary N) is 1. The number of likely N-dealkylation sites (N-methyl/N-ethyl adjacent to an activating group) is 1. The Bertz CT molecular complexity index is 401. The van der Waals surface area contributed by atoms with Crippen molar-refractivity contribution >= 4 is 0 Å². The van der Waals surface area contributed by atoms with Gasteiger partial charge in [-0.15, -0.1) is 0 Å². The van der Waals surface area contributed by atoms with Gasteiger partial charge in [-0.1, -0.05) is 96.1 Å². The molecule has 26 heavy (non-hydrogen) atoms. The molecule has 0 fully saturated rings. The van der Waals surface area contributed by atoms with Crippen LogP contribution in [0.2, 0.25) is 0 Å². The summed E-state index contributed by atoms with van der Waals surface area (Å²) in [4.78, 5) is 0. The average molecular weight is 362 g/mol. The number of hydrogen-bond acceptors (Lipinski definition) is 2. The Labute approximate surface area is 163 Å². The molecular formula is C24H43NO. The summed E-state index contributed by atoms with van der Waals surface area (Å²) < 4.78 is 5.66. The second-order valence-electron chi connectivity index (χ2n) is 7.59. The Morgan fingerprint density at radius 3 is 1.69 bits per heavy atom. The molecular weight excluding hydrogens is 318 g/mol. The van der Waals surface area contributed by atoms with Crippen molar-refractivity contribution in [3.63, 3.8) is 0 Å². The maximum absolute atomic E-state index is 5.66. The quantitative estimate of drug-likeness (QED) is 0.287. The second-order valence-corrected chi connectivity index (χ2v) is 7.59. The average Bonchev–Trinajstić information content (AvgIpc) is 2.67. The zero-order valence-electron chi connectivity index (χ0n) is 17.5. The van der Waals surface area contributed by atoms with Crippen LogP contribution in [0.1, 0.15) is 96.0 Å². The summed E-state index contributed by atoms with van der Waals surface area (Å²) in [7, 11) is 1.95. The monoisotopic (exact) mass is 361 g/mol. The topological polar surface area (TPSA) is 21.3 Å². The number of hydrogen-bond donors (Lipinski definition) is 1. The van der Waals surface area contributed by atoms with Gasteiger partial charge in [0, 0.05) is 6.54 Å². The molecule has 0 aliphatic heterocycles. The molecule has 150 valence electrons. The van der Waals surface area contributed by atoms with Gasteiger partial charge in [0.15, 0.2) is 0 Å². The van der Waals surface area contributed by atoms with Crippen LogP contribution in [0.25, 0.3) is 0 Å². The molecule has 2 nitrogen and oxygen atoms in total. The van der Waals surface area contributed by atoms with E-state index < -0.39 is 0 Å². The summed E-state index contributed by atoms with van der Waals surface area (Å²) in [5, 5.41) is 3.09. The number of aryl methyl sites for hydroxylation is 1. The summed E-state index contributed by atoms with van der Waals surface area (Å²) in [6.45, 7) is 3.91. The van der Waals surface area contributed by atoms with Gasteiger partial charge in [-0.3, -0.25) is 0 Å². The largest absolute Gasteiger partial charge is 0.492 e. The van der Waals surface area contributed by atoms with Crippen LogP contribution in [-0.2, 0) is 6.42 Å². The van der Waals surface area contributed by atoms with Gasteiger partial charge in [0.05, 0.1) is 0 Å². The molecule has 0 amide bonds. The third-order valence-corrected chi connectivity index (χ3v) is 5.11. The third-order valence-electron chi connectivity index (χ3n) is 5.11. The van der Waals surface area contributed by atoms with E-state index in [1.54, 1.807) is 0 Å². The van der Waals surface area contributed by atoms with Crippen LogP contribution in [0, 0.1) is 0 Å². The lowest BCUT2D eigenvalue weighted by molar-refractivity contribution is 0.318. The Balaban J connectivity index is 1.88. The Kier molecular flexibility index (Phi) is 15.4. The smallest absolute Gasteiger partial charge is 0.119 e. The van der Waals surface area contributed by atoms with E-state index >= 15 is 0 Å². The zero-order valence-corrected chi connectivity index (χ0v) is 17.5. The van der Waals surface area contributed by atoms with Gasteiger partial charge in [-0.05, 0) is 37.6 Å². The highest BCUT2D eigenvalue weighted by atomic mass is 16.5. The molecule has 1 aromatic carbocycles. The van der Waals surface area contributed by atoms with Crippen molar-refractivity contribution in [2.24, 2.45) is 0 Å². The highest BCUT2D eigenvalue weighted by molar-refractivity contribution is 5.27. The first-order valence-corrected chi connectivity index (χ1v) is 11.2. The Morgan fingerprint density at radius 1 is 0.692 bits per heavy atom. The van der Waals surface area contributed by atoms with Crippen molar-refractivity contribution < 1.29 is 4.74 Å². The second kappa shape index (κ2) is 17.4. The lowest BCUT2D eigenvalue weighted by Gasteiger charge is -2.07.